The van der Waals surface area contributed by atoms with Gasteiger partial charge in [0.05, 0.1) is 28.8 Å². The van der Waals surface area contributed by atoms with E-state index in [0.717, 1.165) is 31.1 Å². The molecular weight excluding hydrogens is 544 g/mol. The zero-order chi connectivity index (χ0) is 30.1. The fourth-order valence-corrected chi connectivity index (χ4v) is 10.3. The lowest BCUT2D eigenvalue weighted by Gasteiger charge is -2.65. The van der Waals surface area contributed by atoms with Gasteiger partial charge in [0.1, 0.15) is 19.0 Å². The van der Waals surface area contributed by atoms with Gasteiger partial charge >= 0.3 is 11.9 Å². The summed E-state index contributed by atoms with van der Waals surface area (Å²) >= 11 is 0. The Bertz CT molecular complexity index is 1140. The van der Waals surface area contributed by atoms with Gasteiger partial charge < -0.3 is 38.7 Å². The third-order valence-electron chi connectivity index (χ3n) is 12.4. The first-order valence-corrected chi connectivity index (χ1v) is 15.7. The van der Waals surface area contributed by atoms with Crippen LogP contribution in [-0.4, -0.2) is 84.1 Å². The SMILES string of the molecule is CO[C@@H]1C[C@H](O[C@H]2CC[C@]3(C=O)[C@H]4CC[C@]5(C)[C@@H](C6=CC(=O)OC6)CC[C@]5(O)[C@@H]4CC[C@]3(O)C2)O[C@@H](C)[C@H]1OC(C)=O. The van der Waals surface area contributed by atoms with E-state index >= 15 is 0 Å². The van der Waals surface area contributed by atoms with E-state index in [4.69, 9.17) is 23.7 Å². The van der Waals surface area contributed by atoms with Crippen molar-refractivity contribution in [2.45, 2.75) is 127 Å². The minimum atomic E-state index is -1.24. The van der Waals surface area contributed by atoms with Crippen LogP contribution >= 0.6 is 0 Å². The number of aldehydes is 1. The Morgan fingerprint density at radius 3 is 2.52 bits per heavy atom. The first-order chi connectivity index (χ1) is 19.9. The average molecular weight is 591 g/mol. The minimum absolute atomic E-state index is 0.0706. The summed E-state index contributed by atoms with van der Waals surface area (Å²) in [7, 11) is 1.57. The highest BCUT2D eigenvalue weighted by molar-refractivity contribution is 5.85. The Labute approximate surface area is 247 Å². The summed E-state index contributed by atoms with van der Waals surface area (Å²) in [6.45, 7) is 5.63. The number of esters is 2. The molecule has 2 N–H and O–H groups in total. The molecule has 42 heavy (non-hydrogen) atoms. The summed E-state index contributed by atoms with van der Waals surface area (Å²) < 4.78 is 28.7. The zero-order valence-corrected chi connectivity index (χ0v) is 25.2. The number of ether oxygens (including phenoxy) is 5. The molecule has 0 amide bonds. The molecule has 0 aromatic rings. The number of carbonyl (C=O) groups excluding carboxylic acids is 3. The van der Waals surface area contributed by atoms with Crippen LogP contribution in [0.25, 0.3) is 0 Å². The molecule has 5 fully saturated rings. The highest BCUT2D eigenvalue weighted by atomic mass is 16.7. The van der Waals surface area contributed by atoms with Crippen LogP contribution in [-0.2, 0) is 38.1 Å². The predicted molar refractivity (Wildman–Crippen MR) is 148 cm³/mol. The van der Waals surface area contributed by atoms with Crippen molar-refractivity contribution in [3.63, 3.8) is 0 Å². The van der Waals surface area contributed by atoms with Gasteiger partial charge in [0.15, 0.2) is 12.4 Å². The molecule has 0 bridgehead atoms. The van der Waals surface area contributed by atoms with Crippen LogP contribution in [0.1, 0.15) is 85.0 Å². The molecule has 0 aromatic heterocycles. The van der Waals surface area contributed by atoms with Crippen molar-refractivity contribution in [1.82, 2.24) is 0 Å². The monoisotopic (exact) mass is 590 g/mol. The first kappa shape index (κ1) is 30.2. The Balaban J connectivity index is 1.18. The second-order valence-electron chi connectivity index (χ2n) is 14.1. The number of fused-ring (bicyclic) bond motifs is 5. The molecule has 0 radical (unpaired) electrons. The smallest absolute Gasteiger partial charge is 0.331 e. The van der Waals surface area contributed by atoms with E-state index in [1.54, 1.807) is 13.2 Å². The molecule has 1 saturated heterocycles. The van der Waals surface area contributed by atoms with E-state index < -0.39 is 46.5 Å². The second-order valence-corrected chi connectivity index (χ2v) is 14.1. The number of hydrogen-bond acceptors (Lipinski definition) is 10. The summed E-state index contributed by atoms with van der Waals surface area (Å²) in [5, 5.41) is 24.7. The van der Waals surface area contributed by atoms with E-state index in [0.29, 0.717) is 51.6 Å². The maximum Gasteiger partial charge on any atom is 0.331 e. The molecule has 2 aliphatic heterocycles. The standard InChI is InChI=1S/C32H46O10/c1-18-28(41-19(2)34)25(38-4)14-27(40-18)42-21-5-10-30(17-33)23-6-9-29(3)22(20-13-26(35)39-16-20)8-12-32(29,37)24(23)7-11-31(30,36)15-21/h13,17-18,21-25,27-28,36-37H,5-12,14-16H2,1-4H3/t18-,21-,22+,23-,24+,25+,27-,28+,29+,30-,31-,32-/m0/s1. The molecule has 2 heterocycles. The number of hydrogen-bond donors (Lipinski definition) is 2. The summed E-state index contributed by atoms with van der Waals surface area (Å²) in [6, 6.07) is 0. The number of methoxy groups -OCH3 is 1. The Morgan fingerprint density at radius 1 is 1.10 bits per heavy atom. The van der Waals surface area contributed by atoms with Gasteiger partial charge in [-0.25, -0.2) is 4.79 Å². The average Bonchev–Trinajstić information content (AvgIpc) is 3.48. The van der Waals surface area contributed by atoms with Crippen molar-refractivity contribution in [2.24, 2.45) is 28.6 Å². The largest absolute Gasteiger partial charge is 0.458 e. The Morgan fingerprint density at radius 2 is 1.86 bits per heavy atom. The number of carbonyl (C=O) groups is 3. The zero-order valence-electron chi connectivity index (χ0n) is 25.2. The predicted octanol–water partition coefficient (Wildman–Crippen LogP) is 3.00. The van der Waals surface area contributed by atoms with E-state index in [9.17, 15) is 24.6 Å². The molecule has 10 nitrogen and oxygen atoms in total. The quantitative estimate of drug-likeness (QED) is 0.270. The molecule has 12 atom stereocenters. The van der Waals surface area contributed by atoms with E-state index in [2.05, 4.69) is 6.92 Å². The van der Waals surface area contributed by atoms with Crippen LogP contribution in [0, 0.1) is 28.6 Å². The van der Waals surface area contributed by atoms with Crippen molar-refractivity contribution in [1.29, 1.82) is 0 Å². The first-order valence-electron chi connectivity index (χ1n) is 15.7. The molecule has 10 heteroatoms. The fraction of sp³-hybridized carbons (Fsp3) is 0.844. The number of aliphatic hydroxyl groups is 2. The molecule has 0 spiro atoms. The molecule has 6 aliphatic rings. The Kier molecular flexibility index (Phi) is 7.65. The molecule has 234 valence electrons. The third-order valence-corrected chi connectivity index (χ3v) is 12.4. The van der Waals surface area contributed by atoms with Gasteiger partial charge in [-0.15, -0.1) is 0 Å². The highest BCUT2D eigenvalue weighted by Crippen LogP contribution is 2.70. The summed E-state index contributed by atoms with van der Waals surface area (Å²) in [5.41, 5.74) is -2.60. The van der Waals surface area contributed by atoms with Crippen LogP contribution < -0.4 is 0 Å². The normalized spacial score (nSPS) is 50.1. The van der Waals surface area contributed by atoms with Crippen molar-refractivity contribution >= 4 is 18.2 Å². The van der Waals surface area contributed by atoms with Crippen LogP contribution in [0.2, 0.25) is 0 Å². The minimum Gasteiger partial charge on any atom is -0.458 e. The van der Waals surface area contributed by atoms with Crippen molar-refractivity contribution in [3.05, 3.63) is 11.6 Å². The lowest BCUT2D eigenvalue weighted by molar-refractivity contribution is -0.289. The molecule has 4 aliphatic carbocycles. The van der Waals surface area contributed by atoms with E-state index in [-0.39, 0.29) is 35.9 Å². The van der Waals surface area contributed by atoms with Crippen LogP contribution in [0.3, 0.4) is 0 Å². The van der Waals surface area contributed by atoms with Crippen molar-refractivity contribution in [2.75, 3.05) is 13.7 Å². The van der Waals surface area contributed by atoms with Crippen LogP contribution in [0.4, 0.5) is 0 Å². The van der Waals surface area contributed by atoms with Gasteiger partial charge in [-0.3, -0.25) is 4.79 Å². The summed E-state index contributed by atoms with van der Waals surface area (Å²) in [6.07, 6.45) is 6.06. The van der Waals surface area contributed by atoms with E-state index in [1.807, 2.05) is 6.92 Å². The van der Waals surface area contributed by atoms with Gasteiger partial charge in [0, 0.05) is 38.4 Å². The van der Waals surface area contributed by atoms with Crippen molar-refractivity contribution in [3.8, 4) is 0 Å². The van der Waals surface area contributed by atoms with Crippen LogP contribution in [0.5, 0.6) is 0 Å². The van der Waals surface area contributed by atoms with Gasteiger partial charge in [0.25, 0.3) is 0 Å². The van der Waals surface area contributed by atoms with Crippen LogP contribution in [0.15, 0.2) is 11.6 Å². The van der Waals surface area contributed by atoms with E-state index in [1.165, 1.54) is 6.92 Å². The molecule has 6 rings (SSSR count). The lowest BCUT2D eigenvalue weighted by atomic mass is 9.41. The fourth-order valence-electron chi connectivity index (χ4n) is 10.3. The molecule has 0 aromatic carbocycles. The van der Waals surface area contributed by atoms with Gasteiger partial charge in [-0.1, -0.05) is 6.92 Å². The van der Waals surface area contributed by atoms with Gasteiger partial charge in [0.2, 0.25) is 0 Å². The molecule has 0 unspecified atom stereocenters. The lowest BCUT2D eigenvalue weighted by Crippen LogP contribution is -2.69. The second kappa shape index (κ2) is 10.6. The number of rotatable bonds is 6. The Hall–Kier alpha value is -1.85. The maximum atomic E-state index is 13.1. The van der Waals surface area contributed by atoms with Crippen molar-refractivity contribution < 1.29 is 48.3 Å². The highest BCUT2D eigenvalue weighted by Gasteiger charge is 2.71. The van der Waals surface area contributed by atoms with Gasteiger partial charge in [-0.2, -0.15) is 0 Å². The third kappa shape index (κ3) is 4.42. The van der Waals surface area contributed by atoms with Gasteiger partial charge in [-0.05, 0) is 81.6 Å². The molecular formula is C32H46O10. The molecule has 4 saturated carbocycles. The topological polar surface area (TPSA) is 138 Å². The summed E-state index contributed by atoms with van der Waals surface area (Å²) in [5.74, 6) is -0.871. The summed E-state index contributed by atoms with van der Waals surface area (Å²) in [4.78, 5) is 36.5. The number of cyclic esters (lactones) is 1. The maximum absolute atomic E-state index is 13.1.